The number of hydrogen-bond acceptors (Lipinski definition) is 10. The van der Waals surface area contributed by atoms with Crippen molar-refractivity contribution >= 4 is 58.1 Å². The number of nitrogens with zero attached hydrogens (tertiary/aromatic N) is 3. The van der Waals surface area contributed by atoms with Gasteiger partial charge in [-0.25, -0.2) is 4.79 Å². The molecule has 1 aromatic heterocycles. The Morgan fingerprint density at radius 1 is 1.09 bits per heavy atom. The molecule has 2 aromatic rings. The van der Waals surface area contributed by atoms with Crippen molar-refractivity contribution < 1.29 is 33.8 Å². The fraction of sp³-hybridized carbons (Fsp3) is 0.533. The molecule has 3 heterocycles. The van der Waals surface area contributed by atoms with E-state index in [4.69, 9.17) is 32.5 Å². The summed E-state index contributed by atoms with van der Waals surface area (Å²) >= 11 is 7.24. The van der Waals surface area contributed by atoms with E-state index in [2.05, 4.69) is 5.32 Å². The molecule has 1 unspecified atom stereocenters. The van der Waals surface area contributed by atoms with E-state index >= 15 is 0 Å². The highest BCUT2D eigenvalue weighted by molar-refractivity contribution is 7.16. The highest BCUT2D eigenvalue weighted by Gasteiger charge is 2.36. The number of anilines is 2. The van der Waals surface area contributed by atoms with Crippen molar-refractivity contribution in [3.8, 4) is 0 Å². The molecule has 2 aliphatic rings. The van der Waals surface area contributed by atoms with Gasteiger partial charge < -0.3 is 41.2 Å². The minimum Gasteiger partial charge on any atom is -0.442 e. The summed E-state index contributed by atoms with van der Waals surface area (Å²) in [5, 5.41) is 14.0. The van der Waals surface area contributed by atoms with E-state index in [-0.39, 0.29) is 43.8 Å². The predicted molar refractivity (Wildman–Crippen MR) is 171 cm³/mol. The van der Waals surface area contributed by atoms with E-state index in [9.17, 15) is 24.3 Å². The van der Waals surface area contributed by atoms with Crippen LogP contribution in [0.3, 0.4) is 0 Å². The van der Waals surface area contributed by atoms with Gasteiger partial charge in [0, 0.05) is 30.9 Å². The summed E-state index contributed by atoms with van der Waals surface area (Å²) in [7, 11) is 0. The summed E-state index contributed by atoms with van der Waals surface area (Å²) in [5.74, 6) is -0.694. The number of aliphatic hydroxyl groups is 1. The van der Waals surface area contributed by atoms with Crippen molar-refractivity contribution in [2.24, 2.45) is 11.5 Å². The molecule has 0 saturated carbocycles. The fourth-order valence-corrected chi connectivity index (χ4v) is 6.20. The maximum Gasteiger partial charge on any atom is 0.414 e. The number of morpholine rings is 1. The van der Waals surface area contributed by atoms with E-state index in [1.807, 2.05) is 0 Å². The molecule has 246 valence electrons. The number of aliphatic hydroxyl groups excluding tert-OH is 1. The number of cyclic esters (lactones) is 1. The second-order valence-electron chi connectivity index (χ2n) is 10.9. The van der Waals surface area contributed by atoms with Crippen LogP contribution in [0.15, 0.2) is 36.4 Å². The van der Waals surface area contributed by atoms with E-state index in [1.165, 1.54) is 9.80 Å². The van der Waals surface area contributed by atoms with Gasteiger partial charge in [0.15, 0.2) is 6.23 Å². The third kappa shape index (κ3) is 9.61. The third-order valence-electron chi connectivity index (χ3n) is 7.62. The first-order valence-electron chi connectivity index (χ1n) is 15.1. The largest absolute Gasteiger partial charge is 0.442 e. The number of nitrogens with two attached hydrogens (primary N) is 2. The van der Waals surface area contributed by atoms with Gasteiger partial charge in [0.05, 0.1) is 35.0 Å². The van der Waals surface area contributed by atoms with Crippen molar-refractivity contribution in [2.75, 3.05) is 55.7 Å². The summed E-state index contributed by atoms with van der Waals surface area (Å²) < 4.78 is 11.3. The number of thiophene rings is 1. The maximum atomic E-state index is 13.4. The average molecular weight is 665 g/mol. The Kier molecular flexibility index (Phi) is 13.0. The molecule has 4 rings (SSSR count). The average Bonchev–Trinajstić information content (AvgIpc) is 3.64. The first-order chi connectivity index (χ1) is 21.7. The van der Waals surface area contributed by atoms with Gasteiger partial charge in [0.1, 0.15) is 12.7 Å². The van der Waals surface area contributed by atoms with Gasteiger partial charge in [-0.3, -0.25) is 19.3 Å². The molecule has 0 aliphatic carbocycles. The monoisotopic (exact) mass is 664 g/mol. The van der Waals surface area contributed by atoms with E-state index in [1.54, 1.807) is 41.3 Å². The van der Waals surface area contributed by atoms with Crippen LogP contribution in [0.5, 0.6) is 0 Å². The quantitative estimate of drug-likeness (QED) is 0.155. The van der Waals surface area contributed by atoms with Crippen LogP contribution in [0.4, 0.5) is 16.2 Å². The molecule has 2 aliphatic heterocycles. The Morgan fingerprint density at radius 2 is 1.82 bits per heavy atom. The number of rotatable bonds is 16. The predicted octanol–water partition coefficient (Wildman–Crippen LogP) is 2.35. The molecule has 0 radical (unpaired) electrons. The topological polar surface area (TPSA) is 181 Å². The van der Waals surface area contributed by atoms with Crippen molar-refractivity contribution in [2.45, 2.75) is 56.9 Å². The lowest BCUT2D eigenvalue weighted by atomic mass is 10.1. The number of carbonyl (C=O) groups is 4. The van der Waals surface area contributed by atoms with E-state index in [0.717, 1.165) is 24.2 Å². The minimum atomic E-state index is -1.28. The zero-order valence-corrected chi connectivity index (χ0v) is 26.6. The second kappa shape index (κ2) is 16.9. The smallest absolute Gasteiger partial charge is 0.414 e. The van der Waals surface area contributed by atoms with E-state index in [0.29, 0.717) is 66.1 Å². The van der Waals surface area contributed by atoms with E-state index < -0.39 is 24.5 Å². The Morgan fingerprint density at radius 3 is 2.49 bits per heavy atom. The summed E-state index contributed by atoms with van der Waals surface area (Å²) in [6, 6.07) is 9.69. The number of ether oxygens (including phenoxy) is 2. The lowest BCUT2D eigenvalue weighted by molar-refractivity contribution is -0.143. The molecule has 0 bridgehead atoms. The van der Waals surface area contributed by atoms with Crippen LogP contribution in [0.2, 0.25) is 4.34 Å². The highest BCUT2D eigenvalue weighted by Crippen LogP contribution is 2.31. The number of amides is 4. The van der Waals surface area contributed by atoms with Crippen LogP contribution in [0.25, 0.3) is 0 Å². The maximum absolute atomic E-state index is 13.4. The van der Waals surface area contributed by atoms with Crippen LogP contribution < -0.4 is 26.6 Å². The zero-order valence-electron chi connectivity index (χ0n) is 25.1. The summed E-state index contributed by atoms with van der Waals surface area (Å²) in [6.45, 7) is 1.98. The Hall–Kier alpha value is -3.27. The Balaban J connectivity index is 1.33. The normalized spacial score (nSPS) is 18.1. The standard InChI is InChI=1S/C30H41ClN6O7S/c31-25-12-11-24(45-25)29(41)37(26(38)6-2-4-14-34-28(40)23(33)5-1-3-13-32)18-22-17-36(30(42)44-22)21-9-7-20(8-10-21)35-15-16-43-19-27(35)39/h7-12,22-23,29,41H,1-6,13-19,32-33H2,(H,34,40)/t22-,23+,29?/m1/s1. The summed E-state index contributed by atoms with van der Waals surface area (Å²) in [6.07, 6.45) is 0.716. The summed E-state index contributed by atoms with van der Waals surface area (Å²) in [5.41, 5.74) is 12.7. The van der Waals surface area contributed by atoms with Crippen LogP contribution in [-0.2, 0) is 23.9 Å². The fourth-order valence-electron chi connectivity index (χ4n) is 5.14. The number of nitrogens with one attached hydrogen (secondary N) is 1. The van der Waals surface area contributed by atoms with Gasteiger partial charge in [-0.2, -0.15) is 0 Å². The van der Waals surface area contributed by atoms with Crippen molar-refractivity contribution in [3.63, 3.8) is 0 Å². The summed E-state index contributed by atoms with van der Waals surface area (Å²) in [4.78, 5) is 55.4. The number of unbranched alkanes of at least 4 members (excludes halogenated alkanes) is 2. The van der Waals surface area contributed by atoms with Crippen LogP contribution >= 0.6 is 22.9 Å². The third-order valence-corrected chi connectivity index (χ3v) is 8.89. The molecule has 4 amide bonds. The molecular weight excluding hydrogens is 624 g/mol. The van der Waals surface area contributed by atoms with Gasteiger partial charge in [-0.15, -0.1) is 11.3 Å². The zero-order chi connectivity index (χ0) is 32.3. The molecule has 1 aromatic carbocycles. The van der Waals surface area contributed by atoms with Gasteiger partial charge in [0.25, 0.3) is 5.91 Å². The Bertz CT molecular complexity index is 1310. The molecule has 3 atom stereocenters. The van der Waals surface area contributed by atoms with Gasteiger partial charge in [-0.1, -0.05) is 18.0 Å². The molecule has 15 heteroatoms. The van der Waals surface area contributed by atoms with Gasteiger partial charge >= 0.3 is 6.09 Å². The number of hydrogen-bond donors (Lipinski definition) is 4. The van der Waals surface area contributed by atoms with Crippen LogP contribution in [-0.4, -0.2) is 91.9 Å². The molecule has 13 nitrogen and oxygen atoms in total. The lowest BCUT2D eigenvalue weighted by Crippen LogP contribution is -2.42. The molecule has 45 heavy (non-hydrogen) atoms. The van der Waals surface area contributed by atoms with Crippen molar-refractivity contribution in [1.29, 1.82) is 0 Å². The molecule has 2 saturated heterocycles. The molecule has 2 fully saturated rings. The number of halogens is 1. The first kappa shape index (κ1) is 34.6. The molecular formula is C30H41ClN6O7S. The van der Waals surface area contributed by atoms with Crippen LogP contribution in [0.1, 0.15) is 49.6 Å². The minimum absolute atomic E-state index is 0.0296. The van der Waals surface area contributed by atoms with Gasteiger partial charge in [0.2, 0.25) is 11.8 Å². The first-order valence-corrected chi connectivity index (χ1v) is 16.3. The highest BCUT2D eigenvalue weighted by atomic mass is 35.5. The number of benzene rings is 1. The van der Waals surface area contributed by atoms with Crippen LogP contribution in [0, 0.1) is 0 Å². The molecule has 0 spiro atoms. The SMILES string of the molecule is NCCCC[C@H](N)C(=O)NCCCCC(=O)N(C[C@H]1CN(c2ccc(N3CCOCC3=O)cc2)C(=O)O1)C(O)c1ccc(Cl)s1. The molecule has 6 N–H and O–H groups in total. The second-order valence-corrected chi connectivity index (χ2v) is 12.7. The Labute approximate surface area is 271 Å². The number of carbonyl (C=O) groups excluding carboxylic acids is 4. The van der Waals surface area contributed by atoms with Crippen molar-refractivity contribution in [3.05, 3.63) is 45.6 Å². The lowest BCUT2D eigenvalue weighted by Gasteiger charge is -2.29. The van der Waals surface area contributed by atoms with Crippen molar-refractivity contribution in [1.82, 2.24) is 10.2 Å². The van der Waals surface area contributed by atoms with Gasteiger partial charge in [-0.05, 0) is 68.6 Å².